The molecule has 0 heterocycles. The van der Waals surface area contributed by atoms with Crippen molar-refractivity contribution in [2.24, 2.45) is 0 Å². The zero-order valence-electron chi connectivity index (χ0n) is 5.61. The summed E-state index contributed by atoms with van der Waals surface area (Å²) in [5, 5.41) is 0. The lowest BCUT2D eigenvalue weighted by Crippen LogP contribution is -1.88. The lowest BCUT2D eigenvalue weighted by molar-refractivity contribution is 0.194. The van der Waals surface area contributed by atoms with Gasteiger partial charge in [-0.15, -0.1) is 0 Å². The second-order valence-electron chi connectivity index (χ2n) is 1.18. The molecule has 6 heteroatoms. The summed E-state index contributed by atoms with van der Waals surface area (Å²) in [6.07, 6.45) is 1.02. The minimum Gasteiger partial charge on any atom is -0.411 e. The molecule has 4 nitrogen and oxygen atoms in total. The molecule has 0 aliphatic rings. The van der Waals surface area contributed by atoms with Gasteiger partial charge < -0.3 is 4.52 Å². The first-order chi connectivity index (χ1) is 4.68. The van der Waals surface area contributed by atoms with Crippen LogP contribution < -0.4 is 0 Å². The fourth-order valence-electron chi connectivity index (χ4n) is 0.258. The summed E-state index contributed by atoms with van der Waals surface area (Å²) in [5.74, 6) is 0. The van der Waals surface area contributed by atoms with Crippen molar-refractivity contribution in [3.05, 3.63) is 11.8 Å². The second kappa shape index (κ2) is 4.74. The van der Waals surface area contributed by atoms with E-state index in [-0.39, 0.29) is 0 Å². The van der Waals surface area contributed by atoms with E-state index in [2.05, 4.69) is 13.6 Å². The predicted octanol–water partition coefficient (Wildman–Crippen LogP) is 2.11. The van der Waals surface area contributed by atoms with Crippen LogP contribution in [0.2, 0.25) is 0 Å². The molecule has 0 atom stereocenters. The molecule has 60 valence electrons. The molecular weight excluding hydrogens is 178 g/mol. The summed E-state index contributed by atoms with van der Waals surface area (Å²) >= 11 is 5.08. The third-order valence-corrected chi connectivity index (χ3v) is 2.07. The van der Waals surface area contributed by atoms with Crippen molar-refractivity contribution in [1.29, 1.82) is 0 Å². The zero-order valence-corrected chi connectivity index (χ0v) is 7.26. The Labute approximate surface area is 64.3 Å². The normalized spacial score (nSPS) is 12.3. The van der Waals surface area contributed by atoms with Gasteiger partial charge in [-0.25, -0.2) is 4.57 Å². The number of phosphoric ester groups is 1. The highest BCUT2D eigenvalue weighted by Crippen LogP contribution is 2.47. The van der Waals surface area contributed by atoms with Gasteiger partial charge in [-0.3, -0.25) is 9.05 Å². The van der Waals surface area contributed by atoms with E-state index in [9.17, 15) is 4.57 Å². The molecule has 0 spiro atoms. The Morgan fingerprint density at radius 3 is 2.20 bits per heavy atom. The predicted molar refractivity (Wildman–Crippen MR) is 37.7 cm³/mol. The first-order valence-corrected chi connectivity index (χ1v) is 4.23. The Morgan fingerprint density at radius 2 is 1.90 bits per heavy atom. The Hall–Kier alpha value is -0.0200. The Balaban J connectivity index is 3.94. The molecule has 0 saturated carbocycles. The summed E-state index contributed by atoms with van der Waals surface area (Å²) in [6, 6.07) is 0. The molecule has 0 aromatic heterocycles. The molecule has 0 radical (unpaired) electrons. The van der Waals surface area contributed by atoms with Crippen LogP contribution >= 0.6 is 19.4 Å². The smallest absolute Gasteiger partial charge is 0.411 e. The van der Waals surface area contributed by atoms with Crippen LogP contribution in [0.5, 0.6) is 0 Å². The van der Waals surface area contributed by atoms with Gasteiger partial charge in [0.15, 0.2) is 0 Å². The van der Waals surface area contributed by atoms with Crippen molar-refractivity contribution in [3.63, 3.8) is 0 Å². The average molecular weight is 187 g/mol. The Bertz CT molecular complexity index is 149. The molecule has 0 rings (SSSR count). The Kier molecular flexibility index (Phi) is 4.73. The molecule has 0 aliphatic heterocycles. The third-order valence-electron chi connectivity index (χ3n) is 0.689. The van der Waals surface area contributed by atoms with Crippen LogP contribution in [0.15, 0.2) is 11.8 Å². The van der Waals surface area contributed by atoms with Crippen LogP contribution in [0, 0.1) is 0 Å². The lowest BCUT2D eigenvalue weighted by atomic mass is 11.2. The van der Waals surface area contributed by atoms with Gasteiger partial charge in [0.2, 0.25) is 0 Å². The van der Waals surface area contributed by atoms with Crippen LogP contribution in [0.3, 0.4) is 0 Å². The summed E-state index contributed by atoms with van der Waals surface area (Å²) in [4.78, 5) is 0. The SMILES string of the molecule is COP(=O)(OC)O/C=C/Cl. The molecule has 0 aromatic rings. The fraction of sp³-hybridized carbons (Fsp3) is 0.500. The average Bonchev–Trinajstić information content (AvgIpc) is 2.00. The molecule has 10 heavy (non-hydrogen) atoms. The lowest BCUT2D eigenvalue weighted by Gasteiger charge is -2.09. The van der Waals surface area contributed by atoms with E-state index >= 15 is 0 Å². The highest BCUT2D eigenvalue weighted by atomic mass is 35.5. The molecule has 0 aliphatic carbocycles. The number of phosphoric acid groups is 1. The Morgan fingerprint density at radius 1 is 1.40 bits per heavy atom. The van der Waals surface area contributed by atoms with E-state index in [1.165, 1.54) is 14.2 Å². The first kappa shape index (κ1) is 9.98. The number of hydrogen-bond acceptors (Lipinski definition) is 4. The van der Waals surface area contributed by atoms with E-state index in [0.717, 1.165) is 11.8 Å². The van der Waals surface area contributed by atoms with Crippen LogP contribution in [-0.2, 0) is 18.1 Å². The van der Waals surface area contributed by atoms with Gasteiger partial charge in [-0.05, 0) is 0 Å². The highest BCUT2D eigenvalue weighted by Gasteiger charge is 2.21. The fourth-order valence-corrected chi connectivity index (χ4v) is 0.912. The summed E-state index contributed by atoms with van der Waals surface area (Å²) in [6.45, 7) is 0. The van der Waals surface area contributed by atoms with E-state index in [4.69, 9.17) is 11.6 Å². The molecule has 0 bridgehead atoms. The van der Waals surface area contributed by atoms with Gasteiger partial charge in [0.1, 0.15) is 6.26 Å². The van der Waals surface area contributed by atoms with Crippen molar-refractivity contribution in [3.8, 4) is 0 Å². The van der Waals surface area contributed by atoms with Gasteiger partial charge >= 0.3 is 7.82 Å². The molecule has 0 N–H and O–H groups in total. The number of hydrogen-bond donors (Lipinski definition) is 0. The molecular formula is C4H8ClO4P. The maximum Gasteiger partial charge on any atom is 0.528 e. The molecule has 0 fully saturated rings. The molecule has 0 saturated heterocycles. The van der Waals surface area contributed by atoms with Crippen LogP contribution in [0.1, 0.15) is 0 Å². The van der Waals surface area contributed by atoms with Gasteiger partial charge in [-0.2, -0.15) is 0 Å². The van der Waals surface area contributed by atoms with E-state index < -0.39 is 7.82 Å². The molecule has 0 aromatic carbocycles. The van der Waals surface area contributed by atoms with Crippen molar-refractivity contribution in [1.82, 2.24) is 0 Å². The van der Waals surface area contributed by atoms with Gasteiger partial charge in [0.05, 0.1) is 0 Å². The maximum absolute atomic E-state index is 10.9. The molecule has 0 unspecified atom stereocenters. The highest BCUT2D eigenvalue weighted by molar-refractivity contribution is 7.48. The van der Waals surface area contributed by atoms with Gasteiger partial charge in [0, 0.05) is 19.8 Å². The van der Waals surface area contributed by atoms with Crippen molar-refractivity contribution in [2.45, 2.75) is 0 Å². The van der Waals surface area contributed by atoms with Crippen LogP contribution in [0.25, 0.3) is 0 Å². The summed E-state index contributed by atoms with van der Waals surface area (Å²) in [7, 11) is -0.940. The third kappa shape index (κ3) is 3.22. The van der Waals surface area contributed by atoms with Gasteiger partial charge in [0.25, 0.3) is 0 Å². The molecule has 0 amide bonds. The maximum atomic E-state index is 10.9. The van der Waals surface area contributed by atoms with Crippen LogP contribution in [0.4, 0.5) is 0 Å². The minimum absolute atomic E-state index is 1.02. The van der Waals surface area contributed by atoms with E-state index in [1.54, 1.807) is 0 Å². The van der Waals surface area contributed by atoms with Crippen molar-refractivity contribution >= 4 is 19.4 Å². The quantitative estimate of drug-likeness (QED) is 0.498. The minimum atomic E-state index is -3.37. The topological polar surface area (TPSA) is 44.8 Å². The monoisotopic (exact) mass is 186 g/mol. The van der Waals surface area contributed by atoms with Crippen molar-refractivity contribution in [2.75, 3.05) is 14.2 Å². The first-order valence-electron chi connectivity index (χ1n) is 2.33. The van der Waals surface area contributed by atoms with Crippen molar-refractivity contribution < 1.29 is 18.1 Å². The standard InChI is InChI=1S/C4H8ClO4P/c1-7-10(6,8-2)9-4-3-5/h3-4H,1-2H3/b4-3+. The van der Waals surface area contributed by atoms with E-state index in [0.29, 0.717) is 0 Å². The second-order valence-corrected chi connectivity index (χ2v) is 3.27. The summed E-state index contributed by atoms with van der Waals surface area (Å²) < 4.78 is 24.2. The van der Waals surface area contributed by atoms with Gasteiger partial charge in [-0.1, -0.05) is 11.6 Å². The van der Waals surface area contributed by atoms with E-state index in [1.807, 2.05) is 0 Å². The van der Waals surface area contributed by atoms with Crippen LogP contribution in [-0.4, -0.2) is 14.2 Å². The zero-order chi connectivity index (χ0) is 8.04. The number of rotatable bonds is 4. The number of halogens is 1. The summed E-state index contributed by atoms with van der Waals surface area (Å²) in [5.41, 5.74) is 1.06. The largest absolute Gasteiger partial charge is 0.528 e.